The average Bonchev–Trinajstić information content (AvgIpc) is 2.76. The Hall–Kier alpha value is -0.610. The number of hydrogen-bond donors (Lipinski definition) is 1. The van der Waals surface area contributed by atoms with Gasteiger partial charge in [-0.3, -0.25) is 0 Å². The molecule has 0 amide bonds. The third kappa shape index (κ3) is 5.59. The van der Waals surface area contributed by atoms with E-state index >= 15 is 0 Å². The minimum Gasteiger partial charge on any atom is -0.346 e. The Kier molecular flexibility index (Phi) is 6.67. The smallest absolute Gasteiger partial charge is 0.186 e. The topological polar surface area (TPSA) is 28.2 Å². The summed E-state index contributed by atoms with van der Waals surface area (Å²) in [5.41, 5.74) is 1.40. The number of aromatic nitrogens is 1. The molecule has 0 atom stereocenters. The first-order chi connectivity index (χ1) is 9.65. The van der Waals surface area contributed by atoms with E-state index < -0.39 is 0 Å². The number of rotatable bonds is 7. The van der Waals surface area contributed by atoms with Crippen molar-refractivity contribution in [1.82, 2.24) is 10.3 Å². The molecule has 0 aliphatic carbocycles. The van der Waals surface area contributed by atoms with Crippen LogP contribution < -0.4 is 10.2 Å². The molecule has 21 heavy (non-hydrogen) atoms. The Morgan fingerprint density at radius 1 is 1.19 bits per heavy atom. The molecular weight excluding hydrogens is 278 g/mol. The van der Waals surface area contributed by atoms with Crippen LogP contribution in [0, 0.1) is 0 Å². The molecule has 0 aliphatic rings. The van der Waals surface area contributed by atoms with Gasteiger partial charge in [0.2, 0.25) is 0 Å². The van der Waals surface area contributed by atoms with Crippen LogP contribution in [-0.2, 0) is 6.54 Å². The molecule has 3 nitrogen and oxygen atoms in total. The monoisotopic (exact) mass is 311 g/mol. The van der Waals surface area contributed by atoms with Gasteiger partial charge in [0.1, 0.15) is 0 Å². The van der Waals surface area contributed by atoms with Crippen LogP contribution >= 0.6 is 11.3 Å². The molecule has 0 unspecified atom stereocenters. The van der Waals surface area contributed by atoms with Crippen LogP contribution in [0.4, 0.5) is 5.13 Å². The van der Waals surface area contributed by atoms with E-state index in [2.05, 4.69) is 65.6 Å². The lowest BCUT2D eigenvalue weighted by molar-refractivity contribution is 0.425. The molecule has 1 aromatic rings. The highest BCUT2D eigenvalue weighted by Crippen LogP contribution is 2.32. The van der Waals surface area contributed by atoms with E-state index in [0.29, 0.717) is 12.0 Å². The summed E-state index contributed by atoms with van der Waals surface area (Å²) in [6.45, 7) is 19.8. The number of nitrogens with one attached hydrogen (secondary N) is 1. The van der Waals surface area contributed by atoms with E-state index in [1.54, 1.807) is 0 Å². The van der Waals surface area contributed by atoms with Crippen molar-refractivity contribution in [3.8, 4) is 0 Å². The Balaban J connectivity index is 3.02. The second kappa shape index (κ2) is 7.59. The molecule has 0 saturated heterocycles. The fourth-order valence-corrected chi connectivity index (χ4v) is 3.53. The molecule has 1 rings (SSSR count). The van der Waals surface area contributed by atoms with Crippen molar-refractivity contribution in [3.05, 3.63) is 10.6 Å². The molecule has 1 aromatic heterocycles. The maximum Gasteiger partial charge on any atom is 0.186 e. The van der Waals surface area contributed by atoms with Crippen LogP contribution in [0.25, 0.3) is 0 Å². The highest BCUT2D eigenvalue weighted by atomic mass is 32.1. The molecule has 0 saturated carbocycles. The molecule has 1 N–H and O–H groups in total. The van der Waals surface area contributed by atoms with E-state index in [-0.39, 0.29) is 5.54 Å². The van der Waals surface area contributed by atoms with Crippen molar-refractivity contribution < 1.29 is 0 Å². The first-order valence-corrected chi connectivity index (χ1v) is 8.98. The summed E-state index contributed by atoms with van der Waals surface area (Å²) in [5.74, 6) is 0.474. The van der Waals surface area contributed by atoms with Gasteiger partial charge in [0.15, 0.2) is 5.13 Å². The molecule has 1 heterocycles. The Labute approximate surface area is 135 Å². The van der Waals surface area contributed by atoms with Gasteiger partial charge in [0.25, 0.3) is 0 Å². The predicted molar refractivity (Wildman–Crippen MR) is 95.6 cm³/mol. The van der Waals surface area contributed by atoms with E-state index in [4.69, 9.17) is 4.98 Å². The molecular formula is C17H33N3S. The fraction of sp³-hybridized carbons (Fsp3) is 0.824. The van der Waals surface area contributed by atoms with E-state index in [1.807, 2.05) is 11.3 Å². The normalized spacial score (nSPS) is 12.5. The summed E-state index contributed by atoms with van der Waals surface area (Å²) in [7, 11) is 0. The van der Waals surface area contributed by atoms with Gasteiger partial charge < -0.3 is 10.2 Å². The van der Waals surface area contributed by atoms with E-state index in [1.165, 1.54) is 15.7 Å². The molecule has 0 radical (unpaired) electrons. The average molecular weight is 312 g/mol. The standard InChI is InChI=1S/C17H33N3S/c1-9-10-20(13(4)5)16-19-15(12(2)3)14(21-16)11-18-17(6,7)8/h12-13,18H,9-11H2,1-8H3. The van der Waals surface area contributed by atoms with Crippen LogP contribution in [-0.4, -0.2) is 23.1 Å². The lowest BCUT2D eigenvalue weighted by Crippen LogP contribution is -2.35. The van der Waals surface area contributed by atoms with Crippen LogP contribution in [0.1, 0.15) is 78.3 Å². The second-order valence-electron chi connectivity index (χ2n) is 7.35. The van der Waals surface area contributed by atoms with Gasteiger partial charge in [0, 0.05) is 29.5 Å². The van der Waals surface area contributed by atoms with Crippen LogP contribution in [0.5, 0.6) is 0 Å². The minimum atomic E-state index is 0.138. The van der Waals surface area contributed by atoms with Crippen LogP contribution in [0.15, 0.2) is 0 Å². The number of thiazole rings is 1. The Morgan fingerprint density at radius 3 is 2.24 bits per heavy atom. The summed E-state index contributed by atoms with van der Waals surface area (Å²) in [6.07, 6.45) is 1.16. The summed E-state index contributed by atoms with van der Waals surface area (Å²) in [4.78, 5) is 8.77. The van der Waals surface area contributed by atoms with Crippen molar-refractivity contribution in [2.45, 2.75) is 85.9 Å². The Morgan fingerprint density at radius 2 is 1.81 bits per heavy atom. The van der Waals surface area contributed by atoms with Gasteiger partial charge in [-0.2, -0.15) is 0 Å². The third-order valence-corrected chi connectivity index (χ3v) is 4.48. The summed E-state index contributed by atoms with van der Waals surface area (Å²) < 4.78 is 0. The van der Waals surface area contributed by atoms with Crippen LogP contribution in [0.3, 0.4) is 0 Å². The molecule has 0 fully saturated rings. The molecule has 0 bridgehead atoms. The fourth-order valence-electron chi connectivity index (χ4n) is 2.21. The van der Waals surface area contributed by atoms with E-state index in [9.17, 15) is 0 Å². The molecule has 0 spiro atoms. The highest BCUT2D eigenvalue weighted by molar-refractivity contribution is 7.15. The van der Waals surface area contributed by atoms with Gasteiger partial charge in [-0.05, 0) is 47.0 Å². The third-order valence-electron chi connectivity index (χ3n) is 3.38. The first-order valence-electron chi connectivity index (χ1n) is 8.17. The zero-order valence-corrected chi connectivity index (χ0v) is 15.9. The van der Waals surface area contributed by atoms with Gasteiger partial charge in [0.05, 0.1) is 5.69 Å². The van der Waals surface area contributed by atoms with Crippen molar-refractivity contribution >= 4 is 16.5 Å². The lowest BCUT2D eigenvalue weighted by atomic mass is 10.1. The summed E-state index contributed by atoms with van der Waals surface area (Å²) >= 11 is 1.86. The molecule has 122 valence electrons. The zero-order chi connectivity index (χ0) is 16.2. The van der Waals surface area contributed by atoms with Crippen molar-refractivity contribution in [1.29, 1.82) is 0 Å². The van der Waals surface area contributed by atoms with Crippen molar-refractivity contribution in [2.75, 3.05) is 11.4 Å². The predicted octanol–water partition coefficient (Wildman–Crippen LogP) is 4.78. The van der Waals surface area contributed by atoms with Crippen molar-refractivity contribution in [2.24, 2.45) is 0 Å². The number of nitrogens with zero attached hydrogens (tertiary/aromatic N) is 2. The molecule has 0 aromatic carbocycles. The maximum absolute atomic E-state index is 4.96. The quantitative estimate of drug-likeness (QED) is 0.785. The van der Waals surface area contributed by atoms with Crippen LogP contribution in [0.2, 0.25) is 0 Å². The first kappa shape index (κ1) is 18.4. The van der Waals surface area contributed by atoms with Crippen molar-refractivity contribution in [3.63, 3.8) is 0 Å². The number of hydrogen-bond acceptors (Lipinski definition) is 4. The summed E-state index contributed by atoms with van der Waals surface area (Å²) in [5, 5.41) is 4.78. The molecule has 4 heteroatoms. The zero-order valence-electron chi connectivity index (χ0n) is 15.1. The van der Waals surface area contributed by atoms with E-state index in [0.717, 1.165) is 19.5 Å². The second-order valence-corrected chi connectivity index (χ2v) is 8.41. The van der Waals surface area contributed by atoms with Gasteiger partial charge >= 0.3 is 0 Å². The van der Waals surface area contributed by atoms with Gasteiger partial charge in [-0.25, -0.2) is 4.98 Å². The van der Waals surface area contributed by atoms with Gasteiger partial charge in [-0.1, -0.05) is 20.8 Å². The molecule has 0 aliphatic heterocycles. The van der Waals surface area contributed by atoms with Gasteiger partial charge in [-0.15, -0.1) is 11.3 Å². The largest absolute Gasteiger partial charge is 0.346 e. The highest BCUT2D eigenvalue weighted by Gasteiger charge is 2.20. The number of anilines is 1. The Bertz CT molecular complexity index is 430. The lowest BCUT2D eigenvalue weighted by Gasteiger charge is -2.25. The minimum absolute atomic E-state index is 0.138. The maximum atomic E-state index is 4.96. The SMILES string of the molecule is CCCN(c1nc(C(C)C)c(CNC(C)(C)C)s1)C(C)C. The summed E-state index contributed by atoms with van der Waals surface area (Å²) in [6, 6.07) is 0.500.